The van der Waals surface area contributed by atoms with E-state index in [1.807, 2.05) is 13.0 Å². The van der Waals surface area contributed by atoms with Crippen LogP contribution < -0.4 is 14.9 Å². The lowest BCUT2D eigenvalue weighted by Crippen LogP contribution is -2.37. The molecular weight excluding hydrogens is 631 g/mol. The van der Waals surface area contributed by atoms with Crippen LogP contribution in [0.3, 0.4) is 0 Å². The van der Waals surface area contributed by atoms with Gasteiger partial charge in [0, 0.05) is 6.42 Å². The minimum Gasteiger partial charge on any atom is -0.462 e. The molecular formula is C35H55N6O6P. The van der Waals surface area contributed by atoms with Crippen LogP contribution in [0.1, 0.15) is 112 Å². The Labute approximate surface area is 285 Å². The number of aromatic nitrogens is 4. The highest BCUT2D eigenvalue weighted by Gasteiger charge is 2.32. The van der Waals surface area contributed by atoms with Gasteiger partial charge in [-0.3, -0.25) is 14.2 Å². The number of hydrogen-bond acceptors (Lipinski definition) is 9. The van der Waals surface area contributed by atoms with Crippen LogP contribution in [0.5, 0.6) is 5.75 Å². The summed E-state index contributed by atoms with van der Waals surface area (Å²) >= 11 is 0. The number of carbonyl (C=O) groups excluding carboxylic acids is 2. The zero-order chi connectivity index (χ0) is 34.8. The van der Waals surface area contributed by atoms with Crippen molar-refractivity contribution in [1.29, 1.82) is 0 Å². The van der Waals surface area contributed by atoms with Gasteiger partial charge in [0.1, 0.15) is 24.5 Å². The van der Waals surface area contributed by atoms with Gasteiger partial charge in [-0.1, -0.05) is 89.3 Å². The number of amides is 1. The Morgan fingerprint density at radius 1 is 0.875 bits per heavy atom. The molecule has 0 bridgehead atoms. The van der Waals surface area contributed by atoms with Crippen molar-refractivity contribution in [3.63, 3.8) is 0 Å². The van der Waals surface area contributed by atoms with Gasteiger partial charge >= 0.3 is 13.5 Å². The molecule has 0 radical (unpaired) electrons. The van der Waals surface area contributed by atoms with Gasteiger partial charge in [0.15, 0.2) is 17.0 Å². The predicted octanol–water partition coefficient (Wildman–Crippen LogP) is 8.03. The van der Waals surface area contributed by atoms with Crippen molar-refractivity contribution in [2.45, 2.75) is 136 Å². The van der Waals surface area contributed by atoms with Crippen molar-refractivity contribution >= 4 is 36.4 Å². The van der Waals surface area contributed by atoms with E-state index in [1.54, 1.807) is 55.9 Å². The quantitative estimate of drug-likeness (QED) is 0.0539. The van der Waals surface area contributed by atoms with Crippen LogP contribution in [0.15, 0.2) is 43.0 Å². The number of ether oxygens (including phenoxy) is 2. The van der Waals surface area contributed by atoms with Crippen LogP contribution in [0.25, 0.3) is 11.2 Å². The van der Waals surface area contributed by atoms with Crippen molar-refractivity contribution in [3.05, 3.63) is 43.0 Å². The molecule has 3 atom stereocenters. The predicted molar refractivity (Wildman–Crippen MR) is 189 cm³/mol. The fraction of sp³-hybridized carbons (Fsp3) is 0.629. The van der Waals surface area contributed by atoms with Gasteiger partial charge in [0.05, 0.1) is 25.1 Å². The molecule has 1 unspecified atom stereocenters. The molecule has 0 spiro atoms. The Kier molecular flexibility index (Phi) is 17.0. The maximum atomic E-state index is 13.9. The number of rotatable bonds is 24. The lowest BCUT2D eigenvalue weighted by molar-refractivity contribution is -0.149. The molecule has 0 saturated carbocycles. The van der Waals surface area contributed by atoms with Gasteiger partial charge in [0.2, 0.25) is 5.91 Å². The lowest BCUT2D eigenvalue weighted by atomic mass is 10.1. The molecule has 266 valence electrons. The average molecular weight is 687 g/mol. The second-order valence-corrected chi connectivity index (χ2v) is 14.7. The van der Waals surface area contributed by atoms with E-state index >= 15 is 0 Å². The Balaban J connectivity index is 1.50. The van der Waals surface area contributed by atoms with Crippen LogP contribution in [0, 0.1) is 0 Å². The zero-order valence-electron chi connectivity index (χ0n) is 29.4. The molecule has 0 fully saturated rings. The van der Waals surface area contributed by atoms with Crippen LogP contribution in [0.2, 0.25) is 0 Å². The Bertz CT molecular complexity index is 1440. The minimum atomic E-state index is -3.71. The molecule has 0 aliphatic carbocycles. The second-order valence-electron chi connectivity index (χ2n) is 12.6. The Morgan fingerprint density at radius 3 is 2.17 bits per heavy atom. The number of carbonyl (C=O) groups is 2. The number of benzene rings is 1. The third kappa shape index (κ3) is 14.0. The van der Waals surface area contributed by atoms with Crippen molar-refractivity contribution in [2.24, 2.45) is 0 Å². The van der Waals surface area contributed by atoms with Crippen molar-refractivity contribution in [1.82, 2.24) is 24.6 Å². The lowest BCUT2D eigenvalue weighted by Gasteiger charge is -2.25. The van der Waals surface area contributed by atoms with Gasteiger partial charge in [-0.05, 0) is 46.2 Å². The molecule has 3 rings (SSSR count). The van der Waals surface area contributed by atoms with E-state index in [0.29, 0.717) is 35.7 Å². The van der Waals surface area contributed by atoms with Crippen LogP contribution in [0.4, 0.5) is 5.82 Å². The van der Waals surface area contributed by atoms with Crippen molar-refractivity contribution in [3.8, 4) is 5.75 Å². The van der Waals surface area contributed by atoms with Crippen LogP contribution in [-0.2, 0) is 30.2 Å². The van der Waals surface area contributed by atoms with E-state index in [4.69, 9.17) is 14.0 Å². The Hall–Kier alpha value is -3.34. The fourth-order valence-electron chi connectivity index (χ4n) is 5.23. The van der Waals surface area contributed by atoms with E-state index < -0.39 is 25.6 Å². The first-order chi connectivity index (χ1) is 23.1. The number of para-hydroxylation sites is 1. The maximum Gasteiger partial charge on any atom is 0.342 e. The van der Waals surface area contributed by atoms with Gasteiger partial charge in [0.25, 0.3) is 0 Å². The summed E-state index contributed by atoms with van der Waals surface area (Å²) in [6.45, 7) is 9.46. The highest BCUT2D eigenvalue weighted by atomic mass is 31.2. The van der Waals surface area contributed by atoms with E-state index in [-0.39, 0.29) is 18.4 Å². The summed E-state index contributed by atoms with van der Waals surface area (Å²) in [4.78, 5) is 38.2. The smallest absolute Gasteiger partial charge is 0.342 e. The maximum absolute atomic E-state index is 13.9. The first-order valence-electron chi connectivity index (χ1n) is 17.5. The highest BCUT2D eigenvalue weighted by molar-refractivity contribution is 7.57. The number of hydrogen-bond donors (Lipinski definition) is 2. The van der Waals surface area contributed by atoms with Gasteiger partial charge < -0.3 is 23.9 Å². The van der Waals surface area contributed by atoms with E-state index in [0.717, 1.165) is 19.3 Å². The average Bonchev–Trinajstić information content (AvgIpc) is 3.46. The summed E-state index contributed by atoms with van der Waals surface area (Å²) in [7, 11) is -3.71. The van der Waals surface area contributed by atoms with E-state index in [1.165, 1.54) is 57.7 Å². The number of nitrogens with one attached hydrogen (secondary N) is 2. The summed E-state index contributed by atoms with van der Waals surface area (Å²) in [5, 5.41) is 5.70. The molecule has 0 saturated heterocycles. The largest absolute Gasteiger partial charge is 0.462 e. The topological polar surface area (TPSA) is 147 Å². The first-order valence-corrected chi connectivity index (χ1v) is 19.3. The summed E-state index contributed by atoms with van der Waals surface area (Å²) < 4.78 is 32.8. The number of nitrogens with zero attached hydrogens (tertiary/aromatic N) is 4. The Morgan fingerprint density at radius 2 is 1.52 bits per heavy atom. The second kappa shape index (κ2) is 20.9. The molecule has 13 heteroatoms. The van der Waals surface area contributed by atoms with Gasteiger partial charge in [-0.2, -0.15) is 0 Å². The monoisotopic (exact) mass is 686 g/mol. The molecule has 0 aliphatic rings. The zero-order valence-corrected chi connectivity index (χ0v) is 30.3. The first kappa shape index (κ1) is 39.1. The number of esters is 1. The van der Waals surface area contributed by atoms with Crippen LogP contribution in [-0.4, -0.2) is 56.0 Å². The number of fused-ring (bicyclic) bond motifs is 1. The molecule has 2 N–H and O–H groups in total. The normalized spacial score (nSPS) is 14.0. The molecule has 0 aliphatic heterocycles. The molecule has 12 nitrogen and oxygen atoms in total. The molecule has 48 heavy (non-hydrogen) atoms. The molecule has 2 aromatic heterocycles. The third-order valence-corrected chi connectivity index (χ3v) is 9.52. The number of unbranched alkanes of at least 4 members (excludes halogenated alkanes) is 10. The highest BCUT2D eigenvalue weighted by Crippen LogP contribution is 2.44. The molecule has 2 heterocycles. The summed E-state index contributed by atoms with van der Waals surface area (Å²) in [6.07, 6.45) is 15.9. The van der Waals surface area contributed by atoms with E-state index in [2.05, 4.69) is 32.3 Å². The standard InChI is InChI=1S/C35H55N6O6P/c1-6-7-8-9-10-11-12-13-14-15-19-22-31(42)39-33-32-34(37-24-36-33)41(25-38-32)23-28(4)45-26-48(44,47-30-20-17-16-18-21-30)40-29(5)35(43)46-27(2)3/h16-18,20-21,24-25,27-29H,6-15,19,22-23,26H2,1-5H3,(H,40,44)(H,36,37,39,42)/t28-,29+,48?/m1/s1. The van der Waals surface area contributed by atoms with E-state index in [9.17, 15) is 14.2 Å². The molecule has 1 amide bonds. The number of anilines is 1. The molecule has 3 aromatic rings. The molecule has 1 aromatic carbocycles. The minimum absolute atomic E-state index is 0.0923. The van der Waals surface area contributed by atoms with Crippen molar-refractivity contribution < 1.29 is 28.2 Å². The van der Waals surface area contributed by atoms with Gasteiger partial charge in [-0.25, -0.2) is 20.0 Å². The number of imidazole rings is 1. The summed E-state index contributed by atoms with van der Waals surface area (Å²) in [5.74, 6) is 0.114. The van der Waals surface area contributed by atoms with Gasteiger partial charge in [-0.15, -0.1) is 0 Å². The summed E-state index contributed by atoms with van der Waals surface area (Å²) in [6, 6.07) is 7.82. The third-order valence-electron chi connectivity index (χ3n) is 7.74. The fourth-order valence-corrected chi connectivity index (χ4v) is 7.02. The van der Waals surface area contributed by atoms with Crippen LogP contribution >= 0.6 is 7.52 Å². The van der Waals surface area contributed by atoms with Crippen molar-refractivity contribution in [2.75, 3.05) is 11.7 Å². The SMILES string of the molecule is CCCCCCCCCCCCCC(=O)Nc1ncnc2c1ncn2C[C@@H](C)OCP(=O)(N[C@@H](C)C(=O)OC(C)C)Oc1ccccc1. The summed E-state index contributed by atoms with van der Waals surface area (Å²) in [5.41, 5.74) is 1.02.